The zero-order chi connectivity index (χ0) is 18.5. The standard InChI is InChI=1S/C19H14FN3O2S/c1-26-19-22-17(14(10-21)18(24)23-19)13-7-3-5-9-16(13)25-11-12-6-2-4-8-15(12)20/h2-9H,11H2,1H3,(H,22,23,24). The minimum absolute atomic E-state index is 0.0180. The maximum absolute atomic E-state index is 13.8. The molecular formula is C19H14FN3O2S. The topological polar surface area (TPSA) is 78.8 Å². The Kier molecular flexibility index (Phi) is 5.34. The van der Waals surface area contributed by atoms with Crippen LogP contribution in [0.3, 0.4) is 0 Å². The van der Waals surface area contributed by atoms with Gasteiger partial charge in [0, 0.05) is 11.1 Å². The average molecular weight is 367 g/mol. The lowest BCUT2D eigenvalue weighted by molar-refractivity contribution is 0.301. The molecule has 1 N–H and O–H groups in total. The van der Waals surface area contributed by atoms with Crippen molar-refractivity contribution in [3.63, 3.8) is 0 Å². The Balaban J connectivity index is 2.03. The number of hydrogen-bond acceptors (Lipinski definition) is 5. The number of aromatic nitrogens is 2. The number of halogens is 1. The molecule has 3 aromatic rings. The van der Waals surface area contributed by atoms with E-state index in [9.17, 15) is 14.4 Å². The van der Waals surface area contributed by atoms with Crippen molar-refractivity contribution in [2.24, 2.45) is 0 Å². The number of hydrogen-bond donors (Lipinski definition) is 1. The third-order valence-corrected chi connectivity index (χ3v) is 4.27. The van der Waals surface area contributed by atoms with Crippen molar-refractivity contribution in [1.29, 1.82) is 5.26 Å². The molecule has 0 aliphatic rings. The van der Waals surface area contributed by atoms with E-state index in [2.05, 4.69) is 9.97 Å². The van der Waals surface area contributed by atoms with E-state index in [-0.39, 0.29) is 23.7 Å². The molecule has 1 heterocycles. The minimum atomic E-state index is -0.509. The average Bonchev–Trinajstić information content (AvgIpc) is 2.67. The van der Waals surface area contributed by atoms with Gasteiger partial charge in [-0.25, -0.2) is 9.37 Å². The van der Waals surface area contributed by atoms with Gasteiger partial charge in [-0.2, -0.15) is 5.26 Å². The Labute approximate surface area is 153 Å². The van der Waals surface area contributed by atoms with E-state index in [1.54, 1.807) is 48.7 Å². The van der Waals surface area contributed by atoms with Gasteiger partial charge < -0.3 is 9.72 Å². The van der Waals surface area contributed by atoms with Gasteiger partial charge in [0.1, 0.15) is 35.5 Å². The van der Waals surface area contributed by atoms with Gasteiger partial charge in [-0.15, -0.1) is 0 Å². The van der Waals surface area contributed by atoms with E-state index in [0.29, 0.717) is 22.0 Å². The van der Waals surface area contributed by atoms with Crippen molar-refractivity contribution >= 4 is 11.8 Å². The van der Waals surface area contributed by atoms with Crippen LogP contribution in [0.1, 0.15) is 11.1 Å². The molecule has 0 amide bonds. The van der Waals surface area contributed by atoms with E-state index in [4.69, 9.17) is 4.74 Å². The number of ether oxygens (including phenoxy) is 1. The second-order valence-corrected chi connectivity index (χ2v) is 6.08. The number of nitriles is 1. The number of thioether (sulfide) groups is 1. The van der Waals surface area contributed by atoms with Gasteiger partial charge in [-0.05, 0) is 24.5 Å². The number of aromatic amines is 1. The van der Waals surface area contributed by atoms with E-state index in [0.717, 1.165) is 0 Å². The van der Waals surface area contributed by atoms with E-state index in [1.165, 1.54) is 17.8 Å². The summed E-state index contributed by atoms with van der Waals surface area (Å²) in [5.74, 6) is 0.0547. The van der Waals surface area contributed by atoms with Crippen LogP contribution in [0, 0.1) is 17.1 Å². The molecule has 0 aliphatic carbocycles. The van der Waals surface area contributed by atoms with Crippen LogP contribution in [-0.2, 0) is 6.61 Å². The van der Waals surface area contributed by atoms with E-state index < -0.39 is 5.56 Å². The van der Waals surface area contributed by atoms with Crippen molar-refractivity contribution < 1.29 is 9.13 Å². The predicted octanol–water partition coefficient (Wildman–Crippen LogP) is 3.75. The zero-order valence-electron chi connectivity index (χ0n) is 13.8. The summed E-state index contributed by atoms with van der Waals surface area (Å²) in [5.41, 5.74) is 0.550. The lowest BCUT2D eigenvalue weighted by Crippen LogP contribution is -2.15. The molecule has 2 aromatic carbocycles. The first kappa shape index (κ1) is 17.7. The maximum atomic E-state index is 13.8. The molecule has 0 saturated heterocycles. The summed E-state index contributed by atoms with van der Waals surface area (Å²) in [7, 11) is 0. The summed E-state index contributed by atoms with van der Waals surface area (Å²) in [5, 5.41) is 9.75. The molecule has 0 fully saturated rings. The number of para-hydroxylation sites is 1. The zero-order valence-corrected chi connectivity index (χ0v) is 14.6. The summed E-state index contributed by atoms with van der Waals surface area (Å²) in [6.45, 7) is 0.0180. The Bertz CT molecular complexity index is 1040. The van der Waals surface area contributed by atoms with Gasteiger partial charge in [-0.3, -0.25) is 4.79 Å². The van der Waals surface area contributed by atoms with Gasteiger partial charge in [0.25, 0.3) is 5.56 Å². The second kappa shape index (κ2) is 7.85. The number of rotatable bonds is 5. The molecule has 1 aromatic heterocycles. The van der Waals surface area contributed by atoms with Gasteiger partial charge in [-0.1, -0.05) is 42.1 Å². The predicted molar refractivity (Wildman–Crippen MR) is 97.5 cm³/mol. The molecule has 0 radical (unpaired) electrons. The van der Waals surface area contributed by atoms with Crippen LogP contribution in [0.5, 0.6) is 5.75 Å². The molecule has 7 heteroatoms. The Morgan fingerprint density at radius 2 is 1.96 bits per heavy atom. The van der Waals surface area contributed by atoms with Crippen molar-refractivity contribution in [2.45, 2.75) is 11.8 Å². The van der Waals surface area contributed by atoms with Crippen LogP contribution < -0.4 is 10.3 Å². The molecule has 130 valence electrons. The SMILES string of the molecule is CSc1nc(-c2ccccc2OCc2ccccc2F)c(C#N)c(=O)[nH]1. The first-order valence-electron chi connectivity index (χ1n) is 7.68. The highest BCUT2D eigenvalue weighted by Gasteiger charge is 2.17. The fraction of sp³-hybridized carbons (Fsp3) is 0.105. The fourth-order valence-corrected chi connectivity index (χ4v) is 2.78. The van der Waals surface area contributed by atoms with Crippen LogP contribution in [0.25, 0.3) is 11.3 Å². The summed E-state index contributed by atoms with van der Waals surface area (Å²) in [4.78, 5) is 19.0. The first-order valence-corrected chi connectivity index (χ1v) is 8.90. The summed E-state index contributed by atoms with van der Waals surface area (Å²) in [6.07, 6.45) is 1.77. The number of benzene rings is 2. The highest BCUT2D eigenvalue weighted by atomic mass is 32.2. The summed E-state index contributed by atoms with van der Waals surface area (Å²) >= 11 is 1.26. The Morgan fingerprint density at radius 1 is 1.23 bits per heavy atom. The summed E-state index contributed by atoms with van der Waals surface area (Å²) < 4.78 is 19.6. The highest BCUT2D eigenvalue weighted by molar-refractivity contribution is 7.98. The monoisotopic (exact) mass is 367 g/mol. The Morgan fingerprint density at radius 3 is 2.69 bits per heavy atom. The van der Waals surface area contributed by atoms with Gasteiger partial charge >= 0.3 is 0 Å². The van der Waals surface area contributed by atoms with Crippen LogP contribution in [0.15, 0.2) is 58.5 Å². The molecular weight excluding hydrogens is 353 g/mol. The molecule has 0 spiro atoms. The molecule has 26 heavy (non-hydrogen) atoms. The summed E-state index contributed by atoms with van der Waals surface area (Å²) in [6, 6.07) is 15.1. The quantitative estimate of drug-likeness (QED) is 0.549. The smallest absolute Gasteiger partial charge is 0.270 e. The third kappa shape index (κ3) is 3.60. The van der Waals surface area contributed by atoms with Crippen molar-refractivity contribution in [2.75, 3.05) is 6.26 Å². The molecule has 0 bridgehead atoms. The molecule has 0 atom stereocenters. The minimum Gasteiger partial charge on any atom is -0.488 e. The van der Waals surface area contributed by atoms with Crippen molar-refractivity contribution in [3.05, 3.63) is 75.8 Å². The first-order chi connectivity index (χ1) is 12.6. The Hall–Kier alpha value is -3.11. The van der Waals surface area contributed by atoms with Crippen molar-refractivity contribution in [3.8, 4) is 23.1 Å². The van der Waals surface area contributed by atoms with E-state index in [1.807, 2.05) is 6.07 Å². The van der Waals surface area contributed by atoms with Gasteiger partial charge in [0.05, 0.1) is 0 Å². The van der Waals surface area contributed by atoms with Gasteiger partial charge in [0.2, 0.25) is 0 Å². The third-order valence-electron chi connectivity index (χ3n) is 3.69. The highest BCUT2D eigenvalue weighted by Crippen LogP contribution is 2.31. The van der Waals surface area contributed by atoms with Crippen LogP contribution >= 0.6 is 11.8 Å². The molecule has 3 rings (SSSR count). The molecule has 0 unspecified atom stereocenters. The number of nitrogens with zero attached hydrogens (tertiary/aromatic N) is 2. The van der Waals surface area contributed by atoms with Crippen molar-refractivity contribution in [1.82, 2.24) is 9.97 Å². The molecule has 0 aliphatic heterocycles. The number of H-pyrrole nitrogens is 1. The fourth-order valence-electron chi connectivity index (χ4n) is 2.41. The van der Waals surface area contributed by atoms with Gasteiger partial charge in [0.15, 0.2) is 5.16 Å². The van der Waals surface area contributed by atoms with E-state index >= 15 is 0 Å². The van der Waals surface area contributed by atoms with Crippen LogP contribution in [0.2, 0.25) is 0 Å². The molecule has 0 saturated carbocycles. The number of nitrogens with one attached hydrogen (secondary N) is 1. The normalized spacial score (nSPS) is 10.3. The van der Waals surface area contributed by atoms with Crippen LogP contribution in [0.4, 0.5) is 4.39 Å². The second-order valence-electron chi connectivity index (χ2n) is 5.29. The largest absolute Gasteiger partial charge is 0.488 e. The van der Waals surface area contributed by atoms with Crippen LogP contribution in [-0.4, -0.2) is 16.2 Å². The maximum Gasteiger partial charge on any atom is 0.270 e. The lowest BCUT2D eigenvalue weighted by Gasteiger charge is -2.12. The molecule has 5 nitrogen and oxygen atoms in total. The lowest BCUT2D eigenvalue weighted by atomic mass is 10.1.